The first-order valence-electron chi connectivity index (χ1n) is 37.8. The molecule has 0 radical (unpaired) electrons. The van der Waals surface area contributed by atoms with Crippen LogP contribution in [0.5, 0.6) is 0 Å². The van der Waals surface area contributed by atoms with Gasteiger partial charge < -0.3 is 13.3 Å². The molecular formula is C103H66N6O3. The summed E-state index contributed by atoms with van der Waals surface area (Å²) in [5.41, 5.74) is 29.1. The summed E-state index contributed by atoms with van der Waals surface area (Å²) in [6, 6.07) is 124. The summed E-state index contributed by atoms with van der Waals surface area (Å²) >= 11 is 0. The molecule has 0 amide bonds. The number of hydrogen-bond donors (Lipinski definition) is 0. The molecule has 1 aliphatic carbocycles. The third-order valence-electron chi connectivity index (χ3n) is 22.1. The summed E-state index contributed by atoms with van der Waals surface area (Å²) in [6.45, 7) is 4.66. The Kier molecular flexibility index (Phi) is 15.7. The van der Waals surface area contributed by atoms with E-state index >= 15 is 0 Å². The minimum atomic E-state index is -0.145. The molecule has 7 aromatic heterocycles. The van der Waals surface area contributed by atoms with Crippen molar-refractivity contribution < 1.29 is 13.3 Å². The lowest BCUT2D eigenvalue weighted by Crippen LogP contribution is -2.15. The van der Waals surface area contributed by atoms with Crippen LogP contribution in [0.4, 0.5) is 0 Å². The number of rotatable bonds is 8. The smallest absolute Gasteiger partial charge is 0.160 e. The van der Waals surface area contributed by atoms with Crippen LogP contribution in [0.3, 0.4) is 0 Å². The summed E-state index contributed by atoms with van der Waals surface area (Å²) in [5.74, 6) is 0.724. The van der Waals surface area contributed by atoms with Gasteiger partial charge >= 0.3 is 0 Å². The molecule has 0 saturated heterocycles. The van der Waals surface area contributed by atoms with Crippen molar-refractivity contribution in [1.29, 1.82) is 0 Å². The molecule has 0 N–H and O–H groups in total. The minimum absolute atomic E-state index is 0.145. The average molecular weight is 1440 g/mol. The zero-order chi connectivity index (χ0) is 74.4. The van der Waals surface area contributed by atoms with E-state index in [0.717, 1.165) is 189 Å². The maximum atomic E-state index is 6.46. The van der Waals surface area contributed by atoms with Gasteiger partial charge in [0.25, 0.3) is 0 Å². The molecule has 1 aliphatic rings. The van der Waals surface area contributed by atoms with Crippen LogP contribution in [0.2, 0.25) is 0 Å². The molecule has 23 rings (SSSR count). The van der Waals surface area contributed by atoms with Crippen LogP contribution in [0, 0.1) is 0 Å². The van der Waals surface area contributed by atoms with E-state index in [0.29, 0.717) is 0 Å². The zero-order valence-electron chi connectivity index (χ0n) is 61.0. The van der Waals surface area contributed by atoms with Crippen molar-refractivity contribution in [2.24, 2.45) is 0 Å². The Balaban J connectivity index is 0.000000108. The van der Waals surface area contributed by atoms with Crippen molar-refractivity contribution in [2.75, 3.05) is 0 Å². The second kappa shape index (κ2) is 26.8. The maximum Gasteiger partial charge on any atom is 0.160 e. The quantitative estimate of drug-likeness (QED) is 0.147. The predicted octanol–water partition coefficient (Wildman–Crippen LogP) is 27.4. The van der Waals surface area contributed by atoms with Gasteiger partial charge in [-0.3, -0.25) is 4.98 Å². The van der Waals surface area contributed by atoms with E-state index in [2.05, 4.69) is 243 Å². The van der Waals surface area contributed by atoms with E-state index in [-0.39, 0.29) is 5.41 Å². The molecule has 112 heavy (non-hydrogen) atoms. The number of para-hydroxylation sites is 7. The standard InChI is InChI=1S/C39H26N2O.C38H24N2O.C26H16N2O/c1-39(2)31-22-25(18-19-26(31)30-20-23-10-3-4-11-24(23)21-32(30)39)36-37(41-34-16-7-6-15-33(34)40-36)29-14-9-13-28-27-12-5-8-17-35(27)42-38(28)29;1-3-10-25(11-4-1)37-33-21-19-29(23-34(33)39-38(40-37)26-12-5-2-6-13-26)27-14-9-15-28(22-27)30-18-20-32-31-16-7-8-17-35(31)41-36(32)24-30;1-2-8-17(9-3-1)25-20-13-7-15-27-22(20)16-23(28-25)21-12-6-11-19-18-10-4-5-14-24(18)29-26(19)21/h3-22H,1-2H3;1-24H;1-16H. The van der Waals surface area contributed by atoms with E-state index < -0.39 is 0 Å². The van der Waals surface area contributed by atoms with Gasteiger partial charge in [0.2, 0.25) is 0 Å². The van der Waals surface area contributed by atoms with Gasteiger partial charge in [-0.2, -0.15) is 0 Å². The van der Waals surface area contributed by atoms with E-state index in [9.17, 15) is 0 Å². The molecule has 0 saturated carbocycles. The van der Waals surface area contributed by atoms with Gasteiger partial charge in [0, 0.05) is 88.1 Å². The number of aromatic nitrogens is 6. The van der Waals surface area contributed by atoms with E-state index in [1.807, 2.05) is 140 Å². The lowest BCUT2D eigenvalue weighted by molar-refractivity contribution is 0.661. The fourth-order valence-electron chi connectivity index (χ4n) is 16.5. The second-order valence-corrected chi connectivity index (χ2v) is 29.1. The largest absolute Gasteiger partial charge is 0.456 e. The monoisotopic (exact) mass is 1430 g/mol. The van der Waals surface area contributed by atoms with Crippen molar-refractivity contribution in [1.82, 2.24) is 29.9 Å². The van der Waals surface area contributed by atoms with Gasteiger partial charge in [0.1, 0.15) is 39.2 Å². The molecule has 0 aliphatic heterocycles. The van der Waals surface area contributed by atoms with E-state index in [1.54, 1.807) is 0 Å². The molecule has 0 bridgehead atoms. The van der Waals surface area contributed by atoms with Crippen molar-refractivity contribution >= 4 is 109 Å². The summed E-state index contributed by atoms with van der Waals surface area (Å²) in [6.07, 6.45) is 1.82. The Bertz CT molecular complexity index is 7490. The van der Waals surface area contributed by atoms with Gasteiger partial charge in [0.15, 0.2) is 5.82 Å². The lowest BCUT2D eigenvalue weighted by Gasteiger charge is -2.22. The Morgan fingerprint density at radius 3 is 1.38 bits per heavy atom. The Morgan fingerprint density at radius 2 is 0.705 bits per heavy atom. The molecule has 7 heterocycles. The fourth-order valence-corrected chi connectivity index (χ4v) is 16.5. The summed E-state index contributed by atoms with van der Waals surface area (Å²) in [7, 11) is 0. The lowest BCUT2D eigenvalue weighted by atomic mass is 9.81. The van der Waals surface area contributed by atoms with Crippen molar-refractivity contribution in [2.45, 2.75) is 19.3 Å². The minimum Gasteiger partial charge on any atom is -0.456 e. The third-order valence-corrected chi connectivity index (χ3v) is 22.1. The first-order chi connectivity index (χ1) is 55.2. The van der Waals surface area contributed by atoms with Crippen LogP contribution < -0.4 is 0 Å². The van der Waals surface area contributed by atoms with Crippen LogP contribution in [-0.4, -0.2) is 29.9 Å². The highest BCUT2D eigenvalue weighted by Gasteiger charge is 2.36. The van der Waals surface area contributed by atoms with Crippen molar-refractivity contribution in [3.63, 3.8) is 0 Å². The van der Waals surface area contributed by atoms with Gasteiger partial charge in [-0.1, -0.05) is 263 Å². The van der Waals surface area contributed by atoms with Gasteiger partial charge in [0.05, 0.1) is 44.8 Å². The number of fused-ring (bicyclic) bond motifs is 16. The highest BCUT2D eigenvalue weighted by atomic mass is 16.3. The normalized spacial score (nSPS) is 12.3. The molecule has 15 aromatic carbocycles. The topological polar surface area (TPSA) is 117 Å². The Labute approximate surface area is 644 Å². The van der Waals surface area contributed by atoms with Crippen LogP contribution in [-0.2, 0) is 5.41 Å². The number of benzene rings is 15. The number of hydrogen-bond acceptors (Lipinski definition) is 9. The summed E-state index contributed by atoms with van der Waals surface area (Å²) in [4.78, 5) is 30.2. The van der Waals surface area contributed by atoms with Crippen molar-refractivity contribution in [3.05, 3.63) is 375 Å². The van der Waals surface area contributed by atoms with Crippen LogP contribution in [0.15, 0.2) is 377 Å². The number of nitrogens with zero attached hydrogens (tertiary/aromatic N) is 6. The Hall–Kier alpha value is -14.8. The van der Waals surface area contributed by atoms with Crippen LogP contribution >= 0.6 is 0 Å². The number of pyridine rings is 2. The molecule has 9 heteroatoms. The SMILES string of the molecule is CC1(C)c2cc(-c3nc4ccccc4nc3-c3cccc4c3oc3ccccc34)ccc2-c2cc3ccccc3cc21.c1ccc(-c2nc(-c3cccc4c3oc3ccccc34)cc3ncccc23)cc1.c1ccc(-c2nc(-c3ccccc3)c3ccc(-c4cccc(-c5ccc6c(c5)oc5ccccc56)c4)cc3n2)cc1. The third kappa shape index (κ3) is 11.4. The molecule has 0 atom stereocenters. The second-order valence-electron chi connectivity index (χ2n) is 29.1. The Morgan fingerprint density at radius 1 is 0.232 bits per heavy atom. The highest BCUT2D eigenvalue weighted by molar-refractivity contribution is 6.12. The van der Waals surface area contributed by atoms with Crippen molar-refractivity contribution in [3.8, 4) is 101 Å². The molecule has 9 nitrogen and oxygen atoms in total. The summed E-state index contributed by atoms with van der Waals surface area (Å²) in [5, 5.41) is 11.3. The van der Waals surface area contributed by atoms with Crippen LogP contribution in [0.25, 0.3) is 210 Å². The average Bonchev–Trinajstić information content (AvgIpc) is 1.56. The van der Waals surface area contributed by atoms with Gasteiger partial charge in [-0.05, 0) is 164 Å². The molecule has 22 aromatic rings. The van der Waals surface area contributed by atoms with E-state index in [4.69, 9.17) is 38.2 Å². The maximum absolute atomic E-state index is 6.46. The highest BCUT2D eigenvalue weighted by Crippen LogP contribution is 2.52. The summed E-state index contributed by atoms with van der Waals surface area (Å²) < 4.78 is 18.9. The molecule has 526 valence electrons. The predicted molar refractivity (Wildman–Crippen MR) is 459 cm³/mol. The fraction of sp³-hybridized carbons (Fsp3) is 0.0291. The van der Waals surface area contributed by atoms with Gasteiger partial charge in [-0.25, -0.2) is 24.9 Å². The molecule has 0 fully saturated rings. The molecule has 0 unspecified atom stereocenters. The first-order valence-corrected chi connectivity index (χ1v) is 37.8. The molecular weight excluding hydrogens is 1370 g/mol. The van der Waals surface area contributed by atoms with Gasteiger partial charge in [-0.15, -0.1) is 0 Å². The van der Waals surface area contributed by atoms with E-state index in [1.165, 1.54) is 33.0 Å². The first kappa shape index (κ1) is 65.5. The van der Waals surface area contributed by atoms with Crippen LogP contribution in [0.1, 0.15) is 25.0 Å². The molecule has 0 spiro atoms. The zero-order valence-corrected chi connectivity index (χ0v) is 61.0. The number of furan rings is 3.